The van der Waals surface area contributed by atoms with Gasteiger partial charge in [0, 0.05) is 5.56 Å². The molecule has 2 rings (SSSR count). The maximum atomic E-state index is 14.0. The first-order valence-electron chi connectivity index (χ1n) is 6.37. The van der Waals surface area contributed by atoms with Crippen molar-refractivity contribution in [3.63, 3.8) is 0 Å². The van der Waals surface area contributed by atoms with Crippen LogP contribution in [0.1, 0.15) is 16.2 Å². The van der Waals surface area contributed by atoms with Crippen LogP contribution >= 0.6 is 0 Å². The van der Waals surface area contributed by atoms with Gasteiger partial charge >= 0.3 is 12.1 Å². The van der Waals surface area contributed by atoms with Gasteiger partial charge in [-0.3, -0.25) is 4.79 Å². The zero-order valence-corrected chi connectivity index (χ0v) is 12.1. The van der Waals surface area contributed by atoms with Gasteiger partial charge in [-0.25, -0.2) is 4.39 Å². The standard InChI is InChI=1S/C13H10F4N4O3/c1-23-19-5-4-18-11(22)7-2-3-8(9(14)6-7)10-20-12(24-21-10)13(15,16)17/h2-3,5-6H,4H2,1H3,(H,18,22)/b19-5+. The second-order valence-corrected chi connectivity index (χ2v) is 4.30. The Hall–Kier alpha value is -2.98. The highest BCUT2D eigenvalue weighted by molar-refractivity contribution is 5.95. The Balaban J connectivity index is 2.16. The molecule has 0 atom stereocenters. The summed E-state index contributed by atoms with van der Waals surface area (Å²) in [5.74, 6) is -3.73. The van der Waals surface area contributed by atoms with Crippen molar-refractivity contribution in [2.45, 2.75) is 6.18 Å². The second kappa shape index (κ2) is 7.06. The minimum atomic E-state index is -4.83. The van der Waals surface area contributed by atoms with Gasteiger partial charge in [0.15, 0.2) is 0 Å². The maximum Gasteiger partial charge on any atom is 0.471 e. The predicted octanol–water partition coefficient (Wildman–Crippen LogP) is 2.26. The summed E-state index contributed by atoms with van der Waals surface area (Å²) in [6.45, 7) is 0.0514. The number of halogens is 4. The number of oxime groups is 1. The highest BCUT2D eigenvalue weighted by Gasteiger charge is 2.38. The van der Waals surface area contributed by atoms with Crippen molar-refractivity contribution in [3.8, 4) is 11.4 Å². The lowest BCUT2D eigenvalue weighted by Gasteiger charge is -2.04. The van der Waals surface area contributed by atoms with E-state index in [-0.39, 0.29) is 17.7 Å². The van der Waals surface area contributed by atoms with Gasteiger partial charge in [0.2, 0.25) is 5.82 Å². The molecule has 0 unspecified atom stereocenters. The Morgan fingerprint density at radius 1 is 1.46 bits per heavy atom. The van der Waals surface area contributed by atoms with Crippen LogP contribution < -0.4 is 5.32 Å². The smallest absolute Gasteiger partial charge is 0.399 e. The molecule has 24 heavy (non-hydrogen) atoms. The fourth-order valence-corrected chi connectivity index (χ4v) is 1.64. The Morgan fingerprint density at radius 3 is 2.79 bits per heavy atom. The average molecular weight is 346 g/mol. The Kier molecular flexibility index (Phi) is 5.11. The van der Waals surface area contributed by atoms with Crippen LogP contribution in [0.25, 0.3) is 11.4 Å². The molecular formula is C13H10F4N4O3. The number of alkyl halides is 3. The summed E-state index contributed by atoms with van der Waals surface area (Å²) in [4.78, 5) is 19.2. The quantitative estimate of drug-likeness (QED) is 0.510. The van der Waals surface area contributed by atoms with Gasteiger partial charge < -0.3 is 14.7 Å². The molecule has 1 N–H and O–H groups in total. The van der Waals surface area contributed by atoms with E-state index in [1.165, 1.54) is 19.4 Å². The number of rotatable bonds is 5. The van der Waals surface area contributed by atoms with Crippen molar-refractivity contribution in [3.05, 3.63) is 35.5 Å². The highest BCUT2D eigenvalue weighted by Crippen LogP contribution is 2.30. The zero-order valence-electron chi connectivity index (χ0n) is 12.1. The normalized spacial score (nSPS) is 11.7. The van der Waals surface area contributed by atoms with Crippen LogP contribution in [0.2, 0.25) is 0 Å². The number of hydrogen-bond donors (Lipinski definition) is 1. The fraction of sp³-hybridized carbons (Fsp3) is 0.231. The van der Waals surface area contributed by atoms with Gasteiger partial charge in [-0.1, -0.05) is 10.3 Å². The van der Waals surface area contributed by atoms with Gasteiger partial charge in [0.05, 0.1) is 18.3 Å². The Bertz CT molecular complexity index is 758. The van der Waals surface area contributed by atoms with Crippen LogP contribution in [0.15, 0.2) is 27.9 Å². The average Bonchev–Trinajstić information content (AvgIpc) is 3.01. The van der Waals surface area contributed by atoms with Gasteiger partial charge in [0.1, 0.15) is 12.9 Å². The molecule has 2 aromatic rings. The number of nitrogens with one attached hydrogen (secondary N) is 1. The molecule has 11 heteroatoms. The number of hydrogen-bond acceptors (Lipinski definition) is 6. The number of nitrogens with zero attached hydrogens (tertiary/aromatic N) is 3. The van der Waals surface area contributed by atoms with Crippen LogP contribution in [0.3, 0.4) is 0 Å². The zero-order chi connectivity index (χ0) is 17.7. The first kappa shape index (κ1) is 17.4. The van der Waals surface area contributed by atoms with Crippen LogP contribution in [-0.2, 0) is 11.0 Å². The largest absolute Gasteiger partial charge is 0.471 e. The molecule has 1 amide bonds. The first-order valence-corrected chi connectivity index (χ1v) is 6.37. The number of benzene rings is 1. The molecule has 1 heterocycles. The summed E-state index contributed by atoms with van der Waals surface area (Å²) in [5.41, 5.74) is -0.367. The van der Waals surface area contributed by atoms with Gasteiger partial charge in [-0.2, -0.15) is 18.2 Å². The summed E-state index contributed by atoms with van der Waals surface area (Å²) < 4.78 is 55.2. The molecule has 0 bridgehead atoms. The highest BCUT2D eigenvalue weighted by atomic mass is 19.4. The van der Waals surface area contributed by atoms with E-state index in [4.69, 9.17) is 0 Å². The van der Waals surface area contributed by atoms with E-state index >= 15 is 0 Å². The van der Waals surface area contributed by atoms with Crippen LogP contribution in [0.5, 0.6) is 0 Å². The molecule has 0 fully saturated rings. The number of amides is 1. The van der Waals surface area contributed by atoms with Crippen molar-refractivity contribution in [2.24, 2.45) is 5.16 Å². The molecule has 0 aliphatic carbocycles. The first-order chi connectivity index (χ1) is 11.3. The molecule has 1 aromatic heterocycles. The third kappa shape index (κ3) is 4.06. The van der Waals surface area contributed by atoms with Crippen molar-refractivity contribution < 1.29 is 31.7 Å². The van der Waals surface area contributed by atoms with Crippen LogP contribution in [-0.4, -0.2) is 35.9 Å². The maximum absolute atomic E-state index is 14.0. The molecule has 7 nitrogen and oxygen atoms in total. The van der Waals surface area contributed by atoms with E-state index in [0.717, 1.165) is 12.1 Å². The Labute approximate surface area is 132 Å². The molecule has 0 aliphatic rings. The third-order valence-electron chi connectivity index (χ3n) is 2.67. The van der Waals surface area contributed by atoms with Crippen molar-refractivity contribution >= 4 is 12.1 Å². The second-order valence-electron chi connectivity index (χ2n) is 4.30. The topological polar surface area (TPSA) is 89.6 Å². The fourth-order valence-electron chi connectivity index (χ4n) is 1.64. The van der Waals surface area contributed by atoms with Crippen molar-refractivity contribution in [1.82, 2.24) is 15.5 Å². The SMILES string of the molecule is CO/N=C/CNC(=O)c1ccc(-c2noc(C(F)(F)F)n2)c(F)c1. The van der Waals surface area contributed by atoms with E-state index in [1.807, 2.05) is 0 Å². The minimum Gasteiger partial charge on any atom is -0.399 e. The molecule has 0 saturated heterocycles. The van der Waals surface area contributed by atoms with Crippen molar-refractivity contribution in [2.75, 3.05) is 13.7 Å². The molecule has 0 aliphatic heterocycles. The Morgan fingerprint density at radius 2 is 2.21 bits per heavy atom. The summed E-state index contributed by atoms with van der Waals surface area (Å²) in [6.07, 6.45) is -3.55. The van der Waals surface area contributed by atoms with E-state index in [1.54, 1.807) is 0 Å². The van der Waals surface area contributed by atoms with Crippen LogP contribution in [0.4, 0.5) is 17.6 Å². The molecule has 1 aromatic carbocycles. The van der Waals surface area contributed by atoms with Crippen molar-refractivity contribution in [1.29, 1.82) is 0 Å². The van der Waals surface area contributed by atoms with E-state index in [2.05, 4.69) is 30.0 Å². The van der Waals surface area contributed by atoms with E-state index < -0.39 is 29.6 Å². The predicted molar refractivity (Wildman–Crippen MR) is 72.5 cm³/mol. The van der Waals surface area contributed by atoms with Crippen LogP contribution in [0, 0.1) is 5.82 Å². The van der Waals surface area contributed by atoms with Gasteiger partial charge in [0.25, 0.3) is 5.91 Å². The number of carbonyl (C=O) groups excluding carboxylic acids is 1. The van der Waals surface area contributed by atoms with E-state index in [0.29, 0.717) is 0 Å². The number of aromatic nitrogens is 2. The molecular weight excluding hydrogens is 336 g/mol. The van der Waals surface area contributed by atoms with Gasteiger partial charge in [-0.15, -0.1) is 0 Å². The molecule has 128 valence electrons. The van der Waals surface area contributed by atoms with E-state index in [9.17, 15) is 22.4 Å². The van der Waals surface area contributed by atoms with Gasteiger partial charge in [-0.05, 0) is 18.2 Å². The summed E-state index contributed by atoms with van der Waals surface area (Å²) in [6, 6.07) is 3.14. The monoisotopic (exact) mass is 346 g/mol. The summed E-state index contributed by atoms with van der Waals surface area (Å²) in [7, 11) is 1.33. The molecule has 0 spiro atoms. The lowest BCUT2D eigenvalue weighted by molar-refractivity contribution is -0.159. The third-order valence-corrected chi connectivity index (χ3v) is 2.67. The molecule has 0 radical (unpaired) electrons. The lowest BCUT2D eigenvalue weighted by Crippen LogP contribution is -2.25. The molecule has 0 saturated carbocycles. The minimum absolute atomic E-state index is 0.0402. The number of carbonyl (C=O) groups is 1. The lowest BCUT2D eigenvalue weighted by atomic mass is 10.1. The summed E-state index contributed by atoms with van der Waals surface area (Å²) in [5, 5.41) is 8.89. The summed E-state index contributed by atoms with van der Waals surface area (Å²) >= 11 is 0.